The molecule has 0 aromatic heterocycles. The number of benzene rings is 3. The maximum Gasteiger partial charge on any atom is 0.343 e. The largest absolute Gasteiger partial charge is 0.423 e. The van der Waals surface area contributed by atoms with Crippen LogP contribution in [0.3, 0.4) is 0 Å². The maximum absolute atomic E-state index is 12.0. The van der Waals surface area contributed by atoms with Crippen molar-refractivity contribution in [3.05, 3.63) is 90.0 Å². The third-order valence-corrected chi connectivity index (χ3v) is 3.83. The summed E-state index contributed by atoms with van der Waals surface area (Å²) in [6.45, 7) is 0. The smallest absolute Gasteiger partial charge is 0.343 e. The number of anilines is 1. The number of esters is 1. The van der Waals surface area contributed by atoms with Crippen LogP contribution in [0.15, 0.2) is 83.9 Å². The number of hydrogen-bond donors (Lipinski definition) is 0. The third kappa shape index (κ3) is 4.57. The molecule has 0 aliphatic rings. The van der Waals surface area contributed by atoms with E-state index < -0.39 is 0 Å². The van der Waals surface area contributed by atoms with E-state index in [1.54, 1.807) is 42.6 Å². The minimum Gasteiger partial charge on any atom is -0.423 e. The van der Waals surface area contributed by atoms with Crippen LogP contribution in [0.1, 0.15) is 15.9 Å². The second-order valence-electron chi connectivity index (χ2n) is 5.99. The molecule has 0 atom stereocenters. The highest BCUT2D eigenvalue weighted by atomic mass is 16.5. The van der Waals surface area contributed by atoms with Crippen molar-refractivity contribution in [3.8, 4) is 5.75 Å². The zero-order chi connectivity index (χ0) is 18.4. The molecule has 0 saturated heterocycles. The minimum atomic E-state index is -0.368. The molecule has 0 unspecified atom stereocenters. The second kappa shape index (κ2) is 8.12. The predicted octanol–water partition coefficient (Wildman–Crippen LogP) is 4.72. The number of hydrogen-bond acceptors (Lipinski definition) is 4. The summed E-state index contributed by atoms with van der Waals surface area (Å²) < 4.78 is 5.37. The minimum absolute atomic E-state index is 0.368. The van der Waals surface area contributed by atoms with Gasteiger partial charge in [-0.3, -0.25) is 4.99 Å². The van der Waals surface area contributed by atoms with E-state index in [0.717, 1.165) is 16.9 Å². The van der Waals surface area contributed by atoms with Gasteiger partial charge in [-0.05, 0) is 66.2 Å². The number of ether oxygens (including phenoxy) is 1. The maximum atomic E-state index is 12.0. The van der Waals surface area contributed by atoms with Crippen LogP contribution in [0.5, 0.6) is 5.75 Å². The van der Waals surface area contributed by atoms with Gasteiger partial charge in [0.25, 0.3) is 0 Å². The quantitative estimate of drug-likeness (QED) is 0.382. The third-order valence-electron chi connectivity index (χ3n) is 3.83. The van der Waals surface area contributed by atoms with Crippen LogP contribution in [0.25, 0.3) is 0 Å². The fourth-order valence-electron chi connectivity index (χ4n) is 2.35. The summed E-state index contributed by atoms with van der Waals surface area (Å²) >= 11 is 0. The SMILES string of the molecule is CN(C)c1ccc(N=Cc2ccc(OC(=O)c3ccccc3)cc2)cc1. The Morgan fingerprint density at radius 1 is 0.885 bits per heavy atom. The molecule has 0 fully saturated rings. The summed E-state index contributed by atoms with van der Waals surface area (Å²) in [7, 11) is 4.01. The fourth-order valence-corrected chi connectivity index (χ4v) is 2.35. The van der Waals surface area contributed by atoms with Crippen molar-refractivity contribution in [3.63, 3.8) is 0 Å². The van der Waals surface area contributed by atoms with E-state index >= 15 is 0 Å². The topological polar surface area (TPSA) is 41.9 Å². The molecule has 0 N–H and O–H groups in total. The summed E-state index contributed by atoms with van der Waals surface area (Å²) in [6, 6.07) is 24.2. The van der Waals surface area contributed by atoms with Crippen molar-refractivity contribution in [2.24, 2.45) is 4.99 Å². The standard InChI is InChI=1S/C22H20N2O2/c1-24(2)20-12-10-19(11-13-20)23-16-17-8-14-21(15-9-17)26-22(25)18-6-4-3-5-7-18/h3-16H,1-2H3. The van der Waals surface area contributed by atoms with Gasteiger partial charge in [0.2, 0.25) is 0 Å². The Morgan fingerprint density at radius 2 is 1.54 bits per heavy atom. The van der Waals surface area contributed by atoms with Crippen molar-refractivity contribution >= 4 is 23.6 Å². The molecule has 26 heavy (non-hydrogen) atoms. The Hall–Kier alpha value is -3.40. The van der Waals surface area contributed by atoms with E-state index in [1.165, 1.54) is 0 Å². The molecule has 0 saturated carbocycles. The molecule has 3 aromatic carbocycles. The molecular formula is C22H20N2O2. The average molecular weight is 344 g/mol. The van der Waals surface area contributed by atoms with Crippen LogP contribution in [-0.2, 0) is 0 Å². The van der Waals surface area contributed by atoms with Crippen molar-refractivity contribution in [1.82, 2.24) is 0 Å². The molecule has 4 heteroatoms. The molecule has 0 aliphatic carbocycles. The van der Waals surface area contributed by atoms with E-state index in [9.17, 15) is 4.79 Å². The van der Waals surface area contributed by atoms with E-state index in [-0.39, 0.29) is 5.97 Å². The highest BCUT2D eigenvalue weighted by Crippen LogP contribution is 2.19. The lowest BCUT2D eigenvalue weighted by Crippen LogP contribution is -2.08. The van der Waals surface area contributed by atoms with Gasteiger partial charge in [0.1, 0.15) is 5.75 Å². The lowest BCUT2D eigenvalue weighted by Gasteiger charge is -2.11. The molecule has 3 rings (SSSR count). The Kier molecular flexibility index (Phi) is 5.44. The van der Waals surface area contributed by atoms with Crippen molar-refractivity contribution in [2.45, 2.75) is 0 Å². The Morgan fingerprint density at radius 3 is 2.15 bits per heavy atom. The summed E-state index contributed by atoms with van der Waals surface area (Å²) in [5.41, 5.74) is 3.48. The second-order valence-corrected chi connectivity index (χ2v) is 5.99. The highest BCUT2D eigenvalue weighted by Gasteiger charge is 2.07. The number of nitrogens with zero attached hydrogens (tertiary/aromatic N) is 2. The molecule has 130 valence electrons. The van der Waals surface area contributed by atoms with E-state index in [4.69, 9.17) is 4.74 Å². The Labute approximate surface area is 153 Å². The monoisotopic (exact) mass is 344 g/mol. The van der Waals surface area contributed by atoms with Crippen molar-refractivity contribution in [1.29, 1.82) is 0 Å². The van der Waals surface area contributed by atoms with Gasteiger partial charge in [0.05, 0.1) is 11.3 Å². The molecule has 0 radical (unpaired) electrons. The van der Waals surface area contributed by atoms with E-state index in [2.05, 4.69) is 4.99 Å². The van der Waals surface area contributed by atoms with Gasteiger partial charge in [0.15, 0.2) is 0 Å². The number of carbonyl (C=O) groups excluding carboxylic acids is 1. The zero-order valence-corrected chi connectivity index (χ0v) is 14.8. The molecule has 0 bridgehead atoms. The fraction of sp³-hybridized carbons (Fsp3) is 0.0909. The molecule has 0 aliphatic heterocycles. The number of rotatable bonds is 5. The molecule has 0 amide bonds. The Balaban J connectivity index is 1.63. The van der Waals surface area contributed by atoms with Gasteiger partial charge in [-0.25, -0.2) is 4.79 Å². The van der Waals surface area contributed by atoms with Crippen LogP contribution < -0.4 is 9.64 Å². The first-order valence-corrected chi connectivity index (χ1v) is 8.30. The van der Waals surface area contributed by atoms with Crippen LogP contribution in [0.2, 0.25) is 0 Å². The summed E-state index contributed by atoms with van der Waals surface area (Å²) in [5, 5.41) is 0. The first kappa shape index (κ1) is 17.4. The molecule has 4 nitrogen and oxygen atoms in total. The van der Waals surface area contributed by atoms with Crippen LogP contribution >= 0.6 is 0 Å². The van der Waals surface area contributed by atoms with E-state index in [1.807, 2.05) is 61.5 Å². The molecule has 3 aromatic rings. The van der Waals surface area contributed by atoms with Gasteiger partial charge in [-0.1, -0.05) is 18.2 Å². The number of aliphatic imine (C=N–C) groups is 1. The van der Waals surface area contributed by atoms with Crippen LogP contribution in [0, 0.1) is 0 Å². The lowest BCUT2D eigenvalue weighted by atomic mass is 10.2. The van der Waals surface area contributed by atoms with Gasteiger partial charge < -0.3 is 9.64 Å². The normalized spacial score (nSPS) is 10.7. The molecule has 0 heterocycles. The number of carbonyl (C=O) groups is 1. The summed E-state index contributed by atoms with van der Waals surface area (Å²) in [6.07, 6.45) is 1.79. The van der Waals surface area contributed by atoms with Gasteiger partial charge in [0, 0.05) is 26.0 Å². The van der Waals surface area contributed by atoms with Gasteiger partial charge >= 0.3 is 5.97 Å². The van der Waals surface area contributed by atoms with Crippen molar-refractivity contribution < 1.29 is 9.53 Å². The predicted molar refractivity (Wildman–Crippen MR) is 106 cm³/mol. The van der Waals surface area contributed by atoms with Crippen LogP contribution in [-0.4, -0.2) is 26.3 Å². The molecular weight excluding hydrogens is 324 g/mol. The van der Waals surface area contributed by atoms with Crippen molar-refractivity contribution in [2.75, 3.05) is 19.0 Å². The summed E-state index contributed by atoms with van der Waals surface area (Å²) in [5.74, 6) is 0.138. The first-order chi connectivity index (χ1) is 12.6. The van der Waals surface area contributed by atoms with E-state index in [0.29, 0.717) is 11.3 Å². The lowest BCUT2D eigenvalue weighted by molar-refractivity contribution is 0.0735. The first-order valence-electron chi connectivity index (χ1n) is 8.30. The highest BCUT2D eigenvalue weighted by molar-refractivity contribution is 5.91. The molecule has 0 spiro atoms. The average Bonchev–Trinajstić information content (AvgIpc) is 2.68. The zero-order valence-electron chi connectivity index (χ0n) is 14.8. The van der Waals surface area contributed by atoms with Crippen LogP contribution in [0.4, 0.5) is 11.4 Å². The summed E-state index contributed by atoms with van der Waals surface area (Å²) in [4.78, 5) is 18.5. The van der Waals surface area contributed by atoms with Gasteiger partial charge in [-0.15, -0.1) is 0 Å². The Bertz CT molecular complexity index is 884. The van der Waals surface area contributed by atoms with Gasteiger partial charge in [-0.2, -0.15) is 0 Å².